The summed E-state index contributed by atoms with van der Waals surface area (Å²) in [4.78, 5) is 16.0. The summed E-state index contributed by atoms with van der Waals surface area (Å²) in [5.41, 5.74) is 5.97. The second-order valence-electron chi connectivity index (χ2n) is 12.7. The maximum atomic E-state index is 12.0. The van der Waals surface area contributed by atoms with Gasteiger partial charge in [-0.25, -0.2) is 4.98 Å². The van der Waals surface area contributed by atoms with E-state index >= 15 is 0 Å². The Balaban J connectivity index is 1.75. The fourth-order valence-corrected chi connectivity index (χ4v) is 6.77. The highest BCUT2D eigenvalue weighted by atomic mass is 16.4. The first-order valence-corrected chi connectivity index (χ1v) is 16.3. The molecule has 0 unspecified atom stereocenters. The van der Waals surface area contributed by atoms with Crippen molar-refractivity contribution >= 4 is 11.8 Å². The summed E-state index contributed by atoms with van der Waals surface area (Å²) in [7, 11) is 0. The second kappa shape index (κ2) is 19.4. The lowest BCUT2D eigenvalue weighted by Gasteiger charge is -2.26. The van der Waals surface area contributed by atoms with Crippen LogP contribution in [0.25, 0.3) is 0 Å². The van der Waals surface area contributed by atoms with Crippen LogP contribution in [0, 0.1) is 17.8 Å². The van der Waals surface area contributed by atoms with E-state index in [-0.39, 0.29) is 31.0 Å². The van der Waals surface area contributed by atoms with Gasteiger partial charge in [-0.2, -0.15) is 0 Å². The van der Waals surface area contributed by atoms with Crippen LogP contribution in [0.15, 0.2) is 18.3 Å². The lowest BCUT2D eigenvalue weighted by molar-refractivity contribution is -0.146. The van der Waals surface area contributed by atoms with Crippen LogP contribution in [0.3, 0.4) is 0 Å². The molecule has 1 heterocycles. The second-order valence-corrected chi connectivity index (χ2v) is 12.7. The third-order valence-electron chi connectivity index (χ3n) is 9.16. The van der Waals surface area contributed by atoms with Crippen molar-refractivity contribution in [1.29, 1.82) is 0 Å². The number of nitrogens with zero attached hydrogens (tertiary/aromatic N) is 1. The van der Waals surface area contributed by atoms with Crippen molar-refractivity contribution < 1.29 is 30.3 Å². The molecule has 0 spiro atoms. The first-order chi connectivity index (χ1) is 19.7. The molecule has 0 aromatic carbocycles. The number of pyridine rings is 1. The molecule has 8 nitrogen and oxygen atoms in total. The highest BCUT2D eigenvalue weighted by molar-refractivity contribution is 5.70. The van der Waals surface area contributed by atoms with Gasteiger partial charge in [0.15, 0.2) is 0 Å². The fraction of sp³-hybridized carbons (Fsp3) is 0.818. The van der Waals surface area contributed by atoms with Crippen molar-refractivity contribution in [3.63, 3.8) is 0 Å². The van der Waals surface area contributed by atoms with Crippen LogP contribution in [0.4, 0.5) is 5.82 Å². The number of unbranched alkanes of at least 4 members (excludes halogenated alkanes) is 7. The average Bonchev–Trinajstić information content (AvgIpc) is 3.24. The van der Waals surface area contributed by atoms with Gasteiger partial charge in [0.25, 0.3) is 0 Å². The summed E-state index contributed by atoms with van der Waals surface area (Å²) in [5.74, 6) is -0.886. The topological polar surface area (TPSA) is 157 Å². The Morgan fingerprint density at radius 1 is 0.976 bits per heavy atom. The van der Waals surface area contributed by atoms with E-state index in [9.17, 15) is 30.3 Å². The Kier molecular flexibility index (Phi) is 16.8. The molecular formula is C33H58N2O6. The number of aliphatic hydroxyl groups excluding tert-OH is 3. The molecule has 1 fully saturated rings. The van der Waals surface area contributed by atoms with Crippen LogP contribution in [-0.2, 0) is 11.2 Å². The zero-order valence-corrected chi connectivity index (χ0v) is 25.4. The Hall–Kier alpha value is -1.74. The largest absolute Gasteiger partial charge is 0.481 e. The van der Waals surface area contributed by atoms with Crippen LogP contribution in [0.1, 0.15) is 128 Å². The molecule has 1 aliphatic carbocycles. The Bertz CT molecular complexity index is 855. The van der Waals surface area contributed by atoms with Crippen LogP contribution < -0.4 is 5.73 Å². The van der Waals surface area contributed by atoms with Gasteiger partial charge in [-0.15, -0.1) is 0 Å². The van der Waals surface area contributed by atoms with Gasteiger partial charge in [-0.05, 0) is 93.7 Å². The van der Waals surface area contributed by atoms with E-state index in [1.165, 1.54) is 25.7 Å². The molecule has 1 aromatic rings. The number of carboxylic acid groups (broad SMARTS) is 1. The zero-order chi connectivity index (χ0) is 30.1. The number of hydrogen-bond acceptors (Lipinski definition) is 7. The average molecular weight is 579 g/mol. The summed E-state index contributed by atoms with van der Waals surface area (Å²) in [6.07, 6.45) is 16.1. The molecule has 1 aromatic heterocycles. The lowest BCUT2D eigenvalue weighted by Crippen LogP contribution is -2.32. The van der Waals surface area contributed by atoms with Gasteiger partial charge in [0, 0.05) is 12.8 Å². The van der Waals surface area contributed by atoms with Crippen molar-refractivity contribution in [3.8, 4) is 0 Å². The molecular weight excluding hydrogens is 520 g/mol. The third-order valence-corrected chi connectivity index (χ3v) is 9.16. The first-order valence-electron chi connectivity index (χ1n) is 16.3. The number of nitrogens with two attached hydrogens (primary N) is 1. The SMILES string of the molecule is CCCCCCC[C@H](O)CCCCCC[C@H](C(=O)O)[C@H](O)CC[C@@]1(O)C[C@@H](CCCO)[C@H](Cc2ccnc(N)c2)C1. The van der Waals surface area contributed by atoms with Gasteiger partial charge in [-0.3, -0.25) is 4.79 Å². The first kappa shape index (κ1) is 35.5. The molecule has 0 amide bonds. The van der Waals surface area contributed by atoms with E-state index < -0.39 is 23.6 Å². The number of anilines is 1. The van der Waals surface area contributed by atoms with Crippen LogP contribution >= 0.6 is 0 Å². The highest BCUT2D eigenvalue weighted by Gasteiger charge is 2.44. The molecule has 0 aliphatic heterocycles. The van der Waals surface area contributed by atoms with Gasteiger partial charge < -0.3 is 31.3 Å². The van der Waals surface area contributed by atoms with Gasteiger partial charge in [-0.1, -0.05) is 64.7 Å². The normalized spacial score (nSPS) is 23.0. The molecule has 1 saturated carbocycles. The number of rotatable bonds is 23. The number of aliphatic hydroxyl groups is 4. The van der Waals surface area contributed by atoms with E-state index in [2.05, 4.69) is 11.9 Å². The number of hydrogen-bond donors (Lipinski definition) is 6. The van der Waals surface area contributed by atoms with Crippen LogP contribution in [-0.4, -0.2) is 60.9 Å². The lowest BCUT2D eigenvalue weighted by atomic mass is 9.86. The molecule has 236 valence electrons. The zero-order valence-electron chi connectivity index (χ0n) is 25.4. The van der Waals surface area contributed by atoms with Crippen molar-refractivity contribution in [2.45, 2.75) is 147 Å². The molecule has 41 heavy (non-hydrogen) atoms. The number of aromatic nitrogens is 1. The van der Waals surface area contributed by atoms with Crippen molar-refractivity contribution in [3.05, 3.63) is 23.9 Å². The van der Waals surface area contributed by atoms with Crippen molar-refractivity contribution in [2.24, 2.45) is 17.8 Å². The standard InChI is InChI=1S/C33H58N2O6/c1-2-3-4-5-8-13-28(37)14-9-6-7-10-15-29(32(39)40)30(38)16-18-33(41)23-26(12-11-20-36)27(24-33)21-25-17-19-35-31(34)22-25/h17,19,22,26-30,36-38,41H,2-16,18,20-21,23-24H2,1H3,(H2,34,35)(H,39,40)/t26-,27-,28+,29+,30-,33-/m1/s1. The Morgan fingerprint density at radius 2 is 1.61 bits per heavy atom. The maximum absolute atomic E-state index is 12.0. The third kappa shape index (κ3) is 13.9. The fourth-order valence-electron chi connectivity index (χ4n) is 6.77. The number of nitrogen functional groups attached to an aromatic ring is 1. The quantitative estimate of drug-likeness (QED) is 0.0911. The summed E-state index contributed by atoms with van der Waals surface area (Å²) >= 11 is 0. The van der Waals surface area contributed by atoms with Crippen molar-refractivity contribution in [1.82, 2.24) is 4.98 Å². The molecule has 0 bridgehead atoms. The molecule has 6 atom stereocenters. The molecule has 0 saturated heterocycles. The van der Waals surface area contributed by atoms with Crippen molar-refractivity contribution in [2.75, 3.05) is 12.3 Å². The summed E-state index contributed by atoms with van der Waals surface area (Å²) < 4.78 is 0. The van der Waals surface area contributed by atoms with Gasteiger partial charge in [0.05, 0.1) is 23.7 Å². The van der Waals surface area contributed by atoms with E-state index in [1.54, 1.807) is 6.20 Å². The van der Waals surface area contributed by atoms with Crippen LogP contribution in [0.5, 0.6) is 0 Å². The predicted molar refractivity (Wildman–Crippen MR) is 163 cm³/mol. The number of aliphatic carboxylic acids is 1. The van der Waals surface area contributed by atoms with E-state index in [1.807, 2.05) is 12.1 Å². The summed E-state index contributed by atoms with van der Waals surface area (Å²) in [6.45, 7) is 2.31. The van der Waals surface area contributed by atoms with E-state index in [0.717, 1.165) is 63.4 Å². The van der Waals surface area contributed by atoms with Gasteiger partial charge in [0.1, 0.15) is 5.82 Å². The minimum atomic E-state index is -0.999. The van der Waals surface area contributed by atoms with Gasteiger partial charge in [0.2, 0.25) is 0 Å². The molecule has 0 radical (unpaired) electrons. The minimum absolute atomic E-state index is 0.114. The summed E-state index contributed by atoms with van der Waals surface area (Å²) in [5, 5.41) is 51.6. The maximum Gasteiger partial charge on any atom is 0.309 e. The molecule has 8 heteroatoms. The molecule has 2 rings (SSSR count). The monoisotopic (exact) mass is 578 g/mol. The molecule has 1 aliphatic rings. The summed E-state index contributed by atoms with van der Waals surface area (Å²) in [6, 6.07) is 3.80. The van der Waals surface area contributed by atoms with E-state index in [4.69, 9.17) is 5.73 Å². The van der Waals surface area contributed by atoms with Crippen LogP contribution in [0.2, 0.25) is 0 Å². The molecule has 7 N–H and O–H groups in total. The Labute approximate surface area is 247 Å². The Morgan fingerprint density at radius 3 is 2.22 bits per heavy atom. The number of carbonyl (C=O) groups is 1. The minimum Gasteiger partial charge on any atom is -0.481 e. The smallest absolute Gasteiger partial charge is 0.309 e. The number of carboxylic acids is 1. The predicted octanol–water partition coefficient (Wildman–Crippen LogP) is 5.64. The van der Waals surface area contributed by atoms with Gasteiger partial charge >= 0.3 is 5.97 Å². The highest BCUT2D eigenvalue weighted by Crippen LogP contribution is 2.46. The van der Waals surface area contributed by atoms with E-state index in [0.29, 0.717) is 37.9 Å².